The van der Waals surface area contributed by atoms with Crippen LogP contribution in [0.5, 0.6) is 0 Å². The molecule has 2 aromatic rings. The number of benzene rings is 1. The Kier molecular flexibility index (Phi) is 3.68. The van der Waals surface area contributed by atoms with Crippen molar-refractivity contribution in [3.8, 4) is 0 Å². The Morgan fingerprint density at radius 3 is 2.81 bits per heavy atom. The fraction of sp³-hybridized carbons (Fsp3) is 0. The highest BCUT2D eigenvalue weighted by molar-refractivity contribution is 9.10. The van der Waals surface area contributed by atoms with Crippen LogP contribution in [0, 0.1) is 0 Å². The summed E-state index contributed by atoms with van der Waals surface area (Å²) in [5.41, 5.74) is 0.299. The third kappa shape index (κ3) is 2.87. The molecule has 2 rings (SSSR count). The van der Waals surface area contributed by atoms with E-state index in [0.29, 0.717) is 5.56 Å². The number of thiophene rings is 1. The number of carboxylic acid groups (broad SMARTS) is 1. The summed E-state index contributed by atoms with van der Waals surface area (Å²) in [6, 6.07) is 9.18. The topological polar surface area (TPSA) is 37.3 Å². The second-order valence-corrected chi connectivity index (χ2v) is 6.25. The summed E-state index contributed by atoms with van der Waals surface area (Å²) in [6.45, 7) is 0. The van der Waals surface area contributed by atoms with E-state index >= 15 is 0 Å². The van der Waals surface area contributed by atoms with Gasteiger partial charge in [-0.1, -0.05) is 33.8 Å². The van der Waals surface area contributed by atoms with Crippen molar-refractivity contribution in [1.82, 2.24) is 0 Å². The molecule has 0 spiro atoms. The molecule has 0 saturated carbocycles. The molecule has 0 unspecified atom stereocenters. The van der Waals surface area contributed by atoms with Crippen LogP contribution in [0.3, 0.4) is 0 Å². The van der Waals surface area contributed by atoms with E-state index in [1.807, 2.05) is 23.6 Å². The van der Waals surface area contributed by atoms with Gasteiger partial charge >= 0.3 is 5.97 Å². The first-order valence-corrected chi connectivity index (χ1v) is 6.89. The fourth-order valence-corrected chi connectivity index (χ4v) is 3.67. The van der Waals surface area contributed by atoms with Crippen molar-refractivity contribution in [2.24, 2.45) is 0 Å². The SMILES string of the molecule is O=C(O)c1cc(Br)cc(Sc2cccs2)c1. The van der Waals surface area contributed by atoms with E-state index in [0.717, 1.165) is 13.6 Å². The number of carbonyl (C=O) groups is 1. The van der Waals surface area contributed by atoms with Gasteiger partial charge in [-0.25, -0.2) is 4.79 Å². The summed E-state index contributed by atoms with van der Waals surface area (Å²) in [7, 11) is 0. The van der Waals surface area contributed by atoms with Gasteiger partial charge in [0.25, 0.3) is 0 Å². The third-order valence-electron chi connectivity index (χ3n) is 1.83. The van der Waals surface area contributed by atoms with Gasteiger partial charge in [0.15, 0.2) is 0 Å². The van der Waals surface area contributed by atoms with Crippen molar-refractivity contribution >= 4 is 45.0 Å². The molecule has 0 atom stereocenters. The molecular weight excluding hydrogens is 308 g/mol. The van der Waals surface area contributed by atoms with Gasteiger partial charge in [0.2, 0.25) is 0 Å². The van der Waals surface area contributed by atoms with Crippen molar-refractivity contribution in [1.29, 1.82) is 0 Å². The van der Waals surface area contributed by atoms with Crippen molar-refractivity contribution in [3.05, 3.63) is 45.7 Å². The van der Waals surface area contributed by atoms with Crippen molar-refractivity contribution in [3.63, 3.8) is 0 Å². The number of aromatic carboxylic acids is 1. The van der Waals surface area contributed by atoms with Crippen LogP contribution >= 0.6 is 39.0 Å². The molecule has 82 valence electrons. The molecule has 0 bridgehead atoms. The van der Waals surface area contributed by atoms with Gasteiger partial charge in [0.1, 0.15) is 0 Å². The van der Waals surface area contributed by atoms with E-state index in [9.17, 15) is 4.79 Å². The normalized spacial score (nSPS) is 10.3. The van der Waals surface area contributed by atoms with Gasteiger partial charge < -0.3 is 5.11 Å². The van der Waals surface area contributed by atoms with Crippen molar-refractivity contribution in [2.45, 2.75) is 9.10 Å². The zero-order valence-corrected chi connectivity index (χ0v) is 11.2. The Morgan fingerprint density at radius 1 is 1.38 bits per heavy atom. The summed E-state index contributed by atoms with van der Waals surface area (Å²) in [6.07, 6.45) is 0. The van der Waals surface area contributed by atoms with Crippen LogP contribution in [0.1, 0.15) is 10.4 Å². The Bertz CT molecular complexity index is 509. The zero-order chi connectivity index (χ0) is 11.5. The predicted octanol–water partition coefficient (Wildman–Crippen LogP) is 4.36. The molecule has 1 heterocycles. The molecule has 0 amide bonds. The van der Waals surface area contributed by atoms with E-state index in [1.54, 1.807) is 35.2 Å². The molecule has 1 aromatic carbocycles. The molecular formula is C11H7BrO2S2. The largest absolute Gasteiger partial charge is 0.478 e. The summed E-state index contributed by atoms with van der Waals surface area (Å²) in [4.78, 5) is 11.8. The summed E-state index contributed by atoms with van der Waals surface area (Å²) >= 11 is 6.52. The van der Waals surface area contributed by atoms with Crippen LogP contribution in [-0.4, -0.2) is 11.1 Å². The number of carboxylic acids is 1. The average Bonchev–Trinajstić information content (AvgIpc) is 2.69. The molecule has 2 nitrogen and oxygen atoms in total. The van der Waals surface area contributed by atoms with E-state index in [-0.39, 0.29) is 0 Å². The summed E-state index contributed by atoms with van der Waals surface area (Å²) in [5, 5.41) is 10.9. The monoisotopic (exact) mass is 314 g/mol. The lowest BCUT2D eigenvalue weighted by Crippen LogP contribution is -1.95. The second kappa shape index (κ2) is 5.03. The second-order valence-electron chi connectivity index (χ2n) is 3.01. The quantitative estimate of drug-likeness (QED) is 0.914. The Balaban J connectivity index is 2.31. The first-order chi connectivity index (χ1) is 7.65. The maximum atomic E-state index is 10.9. The number of rotatable bonds is 3. The molecule has 0 fully saturated rings. The Hall–Kier alpha value is -0.780. The fourth-order valence-electron chi connectivity index (χ4n) is 1.18. The lowest BCUT2D eigenvalue weighted by molar-refractivity contribution is 0.0696. The Morgan fingerprint density at radius 2 is 2.19 bits per heavy atom. The van der Waals surface area contributed by atoms with Gasteiger partial charge in [-0.2, -0.15) is 0 Å². The lowest BCUT2D eigenvalue weighted by atomic mass is 10.2. The van der Waals surface area contributed by atoms with E-state index in [2.05, 4.69) is 15.9 Å². The minimum atomic E-state index is -0.908. The van der Waals surface area contributed by atoms with E-state index < -0.39 is 5.97 Å². The van der Waals surface area contributed by atoms with Crippen molar-refractivity contribution < 1.29 is 9.90 Å². The summed E-state index contributed by atoms with van der Waals surface area (Å²) in [5.74, 6) is -0.908. The number of hydrogen-bond acceptors (Lipinski definition) is 3. The van der Waals surface area contributed by atoms with Crippen LogP contribution in [-0.2, 0) is 0 Å². The van der Waals surface area contributed by atoms with Gasteiger partial charge in [-0.3, -0.25) is 0 Å². The van der Waals surface area contributed by atoms with Crippen molar-refractivity contribution in [2.75, 3.05) is 0 Å². The van der Waals surface area contributed by atoms with Gasteiger partial charge in [-0.05, 0) is 29.6 Å². The molecule has 1 aromatic heterocycles. The van der Waals surface area contributed by atoms with Crippen LogP contribution in [0.15, 0.2) is 49.3 Å². The van der Waals surface area contributed by atoms with Crippen LogP contribution < -0.4 is 0 Å². The summed E-state index contributed by atoms with van der Waals surface area (Å²) < 4.78 is 1.93. The predicted molar refractivity (Wildman–Crippen MR) is 69.5 cm³/mol. The smallest absolute Gasteiger partial charge is 0.335 e. The molecule has 0 saturated heterocycles. The standard InChI is InChI=1S/C11H7BrO2S2/c12-8-4-7(11(13)14)5-9(6-8)16-10-2-1-3-15-10/h1-6H,(H,13,14). The number of halogens is 1. The highest BCUT2D eigenvalue weighted by Gasteiger charge is 2.07. The van der Waals surface area contributed by atoms with Crippen LogP contribution in [0.4, 0.5) is 0 Å². The highest BCUT2D eigenvalue weighted by atomic mass is 79.9. The molecule has 16 heavy (non-hydrogen) atoms. The van der Waals surface area contributed by atoms with Gasteiger partial charge in [-0.15, -0.1) is 11.3 Å². The van der Waals surface area contributed by atoms with Gasteiger partial charge in [0.05, 0.1) is 9.77 Å². The number of hydrogen-bond donors (Lipinski definition) is 1. The van der Waals surface area contributed by atoms with Crippen LogP contribution in [0.2, 0.25) is 0 Å². The van der Waals surface area contributed by atoms with E-state index in [4.69, 9.17) is 5.11 Å². The maximum Gasteiger partial charge on any atom is 0.335 e. The first-order valence-electron chi connectivity index (χ1n) is 4.40. The van der Waals surface area contributed by atoms with E-state index in [1.165, 1.54) is 0 Å². The molecule has 0 aliphatic rings. The third-order valence-corrected chi connectivity index (χ3v) is 4.30. The van der Waals surface area contributed by atoms with Crippen LogP contribution in [0.25, 0.3) is 0 Å². The minimum absolute atomic E-state index is 0.299. The molecule has 1 N–H and O–H groups in total. The Labute approximate surface area is 109 Å². The maximum absolute atomic E-state index is 10.9. The van der Waals surface area contributed by atoms with Gasteiger partial charge in [0, 0.05) is 9.37 Å². The average molecular weight is 315 g/mol. The zero-order valence-electron chi connectivity index (χ0n) is 8.01. The first kappa shape index (κ1) is 11.7. The molecule has 0 aliphatic heterocycles. The minimum Gasteiger partial charge on any atom is -0.478 e. The molecule has 0 radical (unpaired) electrons. The molecule has 5 heteroatoms. The lowest BCUT2D eigenvalue weighted by Gasteiger charge is -2.02. The molecule has 0 aliphatic carbocycles. The highest BCUT2D eigenvalue weighted by Crippen LogP contribution is 2.33.